The number of rotatable bonds is 2. The summed E-state index contributed by atoms with van der Waals surface area (Å²) in [5, 5.41) is 1.11. The molecule has 1 aliphatic heterocycles. The summed E-state index contributed by atoms with van der Waals surface area (Å²) >= 11 is 7.65. The zero-order valence-electron chi connectivity index (χ0n) is 13.5. The van der Waals surface area contributed by atoms with Gasteiger partial charge in [-0.25, -0.2) is 4.39 Å². The molecule has 3 nitrogen and oxygen atoms in total. The van der Waals surface area contributed by atoms with Gasteiger partial charge in [-0.3, -0.25) is 4.79 Å². The zero-order chi connectivity index (χ0) is 17.6. The third-order valence-electron chi connectivity index (χ3n) is 4.44. The lowest BCUT2D eigenvalue weighted by Crippen LogP contribution is -2.35. The largest absolute Gasteiger partial charge is 0.497 e. The van der Waals surface area contributed by atoms with E-state index in [2.05, 4.69) is 0 Å². The molecule has 0 radical (unpaired) electrons. The molecule has 0 N–H and O–H groups in total. The maximum Gasteiger partial charge on any atom is 0.269 e. The summed E-state index contributed by atoms with van der Waals surface area (Å²) in [7, 11) is 1.63. The van der Waals surface area contributed by atoms with Gasteiger partial charge in [0.25, 0.3) is 5.91 Å². The van der Waals surface area contributed by atoms with Crippen molar-refractivity contribution in [2.24, 2.45) is 0 Å². The smallest absolute Gasteiger partial charge is 0.269 e. The third-order valence-corrected chi connectivity index (χ3v) is 6.08. The van der Waals surface area contributed by atoms with Crippen molar-refractivity contribution in [2.75, 3.05) is 18.6 Å². The second kappa shape index (κ2) is 6.32. The fourth-order valence-electron chi connectivity index (χ4n) is 3.21. The van der Waals surface area contributed by atoms with E-state index in [1.807, 2.05) is 18.2 Å². The quantitative estimate of drug-likeness (QED) is 0.608. The number of fused-ring (bicyclic) bond motifs is 2. The molecule has 0 fully saturated rings. The van der Waals surface area contributed by atoms with Crippen LogP contribution in [0.5, 0.6) is 5.75 Å². The van der Waals surface area contributed by atoms with Crippen LogP contribution in [-0.2, 0) is 6.42 Å². The Bertz CT molecular complexity index is 985. The lowest BCUT2D eigenvalue weighted by atomic mass is 10.0. The predicted octanol–water partition coefficient (Wildman–Crippen LogP) is 5.30. The van der Waals surface area contributed by atoms with E-state index in [1.165, 1.54) is 23.5 Å². The van der Waals surface area contributed by atoms with Gasteiger partial charge in [-0.05, 0) is 54.8 Å². The Morgan fingerprint density at radius 3 is 2.92 bits per heavy atom. The average molecular weight is 376 g/mol. The topological polar surface area (TPSA) is 29.5 Å². The number of hydrogen-bond acceptors (Lipinski definition) is 3. The summed E-state index contributed by atoms with van der Waals surface area (Å²) in [6.07, 6.45) is 1.78. The number of nitrogens with zero attached hydrogens (tertiary/aromatic N) is 1. The molecular weight excluding hydrogens is 361 g/mol. The Hall–Kier alpha value is -2.11. The number of anilines is 1. The van der Waals surface area contributed by atoms with E-state index in [1.54, 1.807) is 18.1 Å². The minimum atomic E-state index is -0.333. The molecule has 0 bridgehead atoms. The fraction of sp³-hybridized carbons (Fsp3) is 0.211. The number of methoxy groups -OCH3 is 1. The number of carbonyl (C=O) groups is 1. The van der Waals surface area contributed by atoms with Crippen LogP contribution in [0.2, 0.25) is 5.02 Å². The van der Waals surface area contributed by atoms with Crippen molar-refractivity contribution in [1.29, 1.82) is 0 Å². The number of carbonyl (C=O) groups excluding carboxylic acids is 1. The van der Waals surface area contributed by atoms with Crippen molar-refractivity contribution < 1.29 is 13.9 Å². The number of hydrogen-bond donors (Lipinski definition) is 0. The molecule has 1 aromatic heterocycles. The van der Waals surface area contributed by atoms with Gasteiger partial charge in [0.1, 0.15) is 16.4 Å². The molecule has 2 aromatic carbocycles. The highest BCUT2D eigenvalue weighted by Gasteiger charge is 2.27. The van der Waals surface area contributed by atoms with Gasteiger partial charge in [0.2, 0.25) is 0 Å². The molecule has 128 valence electrons. The molecule has 1 aliphatic rings. The molecule has 0 spiro atoms. The number of thiophene rings is 1. The number of aryl methyl sites for hydroxylation is 1. The fourth-order valence-corrected chi connectivity index (χ4v) is 4.70. The van der Waals surface area contributed by atoms with Crippen molar-refractivity contribution in [1.82, 2.24) is 0 Å². The van der Waals surface area contributed by atoms with Crippen LogP contribution < -0.4 is 9.64 Å². The Morgan fingerprint density at radius 2 is 2.12 bits per heavy atom. The Balaban J connectivity index is 1.77. The summed E-state index contributed by atoms with van der Waals surface area (Å²) in [5.74, 6) is 0.306. The average Bonchev–Trinajstić information content (AvgIpc) is 2.96. The van der Waals surface area contributed by atoms with Gasteiger partial charge in [0.05, 0.1) is 12.1 Å². The first-order chi connectivity index (χ1) is 12.1. The lowest BCUT2D eigenvalue weighted by Gasteiger charge is -2.29. The van der Waals surface area contributed by atoms with Crippen molar-refractivity contribution in [3.8, 4) is 5.75 Å². The Morgan fingerprint density at radius 1 is 1.28 bits per heavy atom. The number of benzene rings is 2. The molecular formula is C19H15ClFNO2S. The SMILES string of the molecule is COc1ccc2c(c1)CCCN2C(=O)c1sc2cc(F)ccc2c1Cl. The minimum absolute atomic E-state index is 0.141. The standard InChI is InChI=1S/C19H15ClFNO2S/c1-24-13-5-7-15-11(9-13)3-2-8-22(15)19(23)18-17(20)14-6-4-12(21)10-16(14)25-18/h4-7,9-10H,2-3,8H2,1H3. The van der Waals surface area contributed by atoms with E-state index in [0.29, 0.717) is 26.5 Å². The monoisotopic (exact) mass is 375 g/mol. The zero-order valence-corrected chi connectivity index (χ0v) is 15.1. The highest BCUT2D eigenvalue weighted by Crippen LogP contribution is 2.38. The van der Waals surface area contributed by atoms with Gasteiger partial charge >= 0.3 is 0 Å². The van der Waals surface area contributed by atoms with Gasteiger partial charge in [-0.15, -0.1) is 11.3 Å². The summed E-state index contributed by atoms with van der Waals surface area (Å²) in [5.41, 5.74) is 1.97. The normalized spacial score (nSPS) is 13.8. The summed E-state index contributed by atoms with van der Waals surface area (Å²) in [6.45, 7) is 0.636. The molecule has 6 heteroatoms. The van der Waals surface area contributed by atoms with Crippen LogP contribution in [0.3, 0.4) is 0 Å². The Kier molecular flexibility index (Phi) is 4.13. The lowest BCUT2D eigenvalue weighted by molar-refractivity contribution is 0.0989. The molecule has 3 aromatic rings. The molecule has 0 unspecified atom stereocenters. The molecule has 0 saturated heterocycles. The van der Waals surface area contributed by atoms with Crippen LogP contribution in [0.4, 0.5) is 10.1 Å². The first-order valence-corrected chi connectivity index (χ1v) is 9.14. The predicted molar refractivity (Wildman–Crippen MR) is 99.8 cm³/mol. The van der Waals surface area contributed by atoms with Gasteiger partial charge in [-0.2, -0.15) is 0 Å². The number of halogens is 2. The van der Waals surface area contributed by atoms with Gasteiger partial charge in [0.15, 0.2) is 0 Å². The van der Waals surface area contributed by atoms with Gasteiger partial charge in [0, 0.05) is 22.3 Å². The molecule has 25 heavy (non-hydrogen) atoms. The van der Waals surface area contributed by atoms with E-state index in [9.17, 15) is 9.18 Å². The van der Waals surface area contributed by atoms with Crippen LogP contribution in [-0.4, -0.2) is 19.6 Å². The van der Waals surface area contributed by atoms with E-state index in [4.69, 9.17) is 16.3 Å². The second-order valence-electron chi connectivity index (χ2n) is 5.94. The highest BCUT2D eigenvalue weighted by atomic mass is 35.5. The molecule has 0 saturated carbocycles. The maximum absolute atomic E-state index is 13.5. The van der Waals surface area contributed by atoms with Crippen molar-refractivity contribution >= 4 is 44.6 Å². The van der Waals surface area contributed by atoms with Crippen LogP contribution in [0.15, 0.2) is 36.4 Å². The van der Waals surface area contributed by atoms with Gasteiger partial charge < -0.3 is 9.64 Å². The summed E-state index contributed by atoms with van der Waals surface area (Å²) < 4.78 is 19.4. The maximum atomic E-state index is 13.5. The first kappa shape index (κ1) is 16.4. The van der Waals surface area contributed by atoms with E-state index < -0.39 is 0 Å². The van der Waals surface area contributed by atoms with Crippen LogP contribution in [0.25, 0.3) is 10.1 Å². The van der Waals surface area contributed by atoms with Crippen LogP contribution in [0.1, 0.15) is 21.7 Å². The molecule has 2 heterocycles. The second-order valence-corrected chi connectivity index (χ2v) is 7.37. The van der Waals surface area contributed by atoms with E-state index in [0.717, 1.165) is 29.8 Å². The van der Waals surface area contributed by atoms with E-state index >= 15 is 0 Å². The molecule has 0 aliphatic carbocycles. The van der Waals surface area contributed by atoms with Crippen molar-refractivity contribution in [3.05, 3.63) is 57.7 Å². The van der Waals surface area contributed by atoms with Crippen molar-refractivity contribution in [3.63, 3.8) is 0 Å². The number of amides is 1. The summed E-state index contributed by atoms with van der Waals surface area (Å²) in [6, 6.07) is 10.1. The Labute approximate surface area is 153 Å². The third kappa shape index (κ3) is 2.77. The van der Waals surface area contributed by atoms with Gasteiger partial charge in [-0.1, -0.05) is 11.6 Å². The number of ether oxygens (including phenoxy) is 1. The van der Waals surface area contributed by atoms with E-state index in [-0.39, 0.29) is 11.7 Å². The molecule has 1 amide bonds. The molecule has 0 atom stereocenters. The van der Waals surface area contributed by atoms with Crippen LogP contribution in [0, 0.1) is 5.82 Å². The highest BCUT2D eigenvalue weighted by molar-refractivity contribution is 7.21. The van der Waals surface area contributed by atoms with Crippen molar-refractivity contribution in [2.45, 2.75) is 12.8 Å². The first-order valence-electron chi connectivity index (χ1n) is 7.95. The molecule has 4 rings (SSSR count). The summed E-state index contributed by atoms with van der Waals surface area (Å²) in [4.78, 5) is 15.3. The van der Waals surface area contributed by atoms with Crippen LogP contribution >= 0.6 is 22.9 Å². The minimum Gasteiger partial charge on any atom is -0.497 e.